The standard InChI is InChI=1S/C17H19N3O4/c1-9(2)24-11-4-5-13-12(8-11)17(23)20(10(3)18-13)14-6-7-15(21)19-16(14)22/h4-5,8-9,14H,6-7H2,1-3H3,(H,19,21,22). The number of carbonyl (C=O) groups excluding carboxylic acids is 2. The summed E-state index contributed by atoms with van der Waals surface area (Å²) in [6, 6.07) is 4.43. The van der Waals surface area contributed by atoms with E-state index in [0.29, 0.717) is 28.9 Å². The lowest BCUT2D eigenvalue weighted by atomic mass is 10.1. The van der Waals surface area contributed by atoms with E-state index in [-0.39, 0.29) is 24.0 Å². The molecule has 1 aromatic carbocycles. The third-order valence-corrected chi connectivity index (χ3v) is 3.94. The van der Waals surface area contributed by atoms with Gasteiger partial charge in [-0.3, -0.25) is 24.3 Å². The lowest BCUT2D eigenvalue weighted by Crippen LogP contribution is -2.45. The number of hydrogen-bond donors (Lipinski definition) is 1. The first kappa shape index (κ1) is 16.2. The zero-order valence-corrected chi connectivity index (χ0v) is 13.8. The smallest absolute Gasteiger partial charge is 0.262 e. The molecule has 2 amide bonds. The minimum absolute atomic E-state index is 0.0155. The Bertz CT molecular complexity index is 885. The molecule has 2 heterocycles. The number of nitrogens with one attached hydrogen (secondary N) is 1. The van der Waals surface area contributed by atoms with Gasteiger partial charge in [0, 0.05) is 6.42 Å². The van der Waals surface area contributed by atoms with Gasteiger partial charge in [-0.1, -0.05) is 0 Å². The molecule has 0 bridgehead atoms. The average molecular weight is 329 g/mol. The second-order valence-electron chi connectivity index (χ2n) is 6.15. The molecule has 0 aliphatic carbocycles. The Labute approximate surface area is 138 Å². The number of piperidine rings is 1. The van der Waals surface area contributed by atoms with Gasteiger partial charge in [-0.05, 0) is 45.4 Å². The van der Waals surface area contributed by atoms with Crippen molar-refractivity contribution < 1.29 is 14.3 Å². The maximum absolute atomic E-state index is 12.9. The van der Waals surface area contributed by atoms with Crippen molar-refractivity contribution in [2.75, 3.05) is 0 Å². The Balaban J connectivity index is 2.12. The summed E-state index contributed by atoms with van der Waals surface area (Å²) in [5.41, 5.74) is 0.248. The van der Waals surface area contributed by atoms with Crippen molar-refractivity contribution in [1.82, 2.24) is 14.9 Å². The predicted molar refractivity (Wildman–Crippen MR) is 87.9 cm³/mol. The maximum Gasteiger partial charge on any atom is 0.262 e. The van der Waals surface area contributed by atoms with Crippen molar-refractivity contribution >= 4 is 22.7 Å². The summed E-state index contributed by atoms with van der Waals surface area (Å²) >= 11 is 0. The normalized spacial score (nSPS) is 18.1. The number of rotatable bonds is 3. The highest BCUT2D eigenvalue weighted by Crippen LogP contribution is 2.22. The largest absolute Gasteiger partial charge is 0.491 e. The molecule has 3 rings (SSSR count). The zero-order valence-electron chi connectivity index (χ0n) is 13.8. The first-order valence-corrected chi connectivity index (χ1v) is 7.90. The Kier molecular flexibility index (Phi) is 4.09. The van der Waals surface area contributed by atoms with E-state index in [1.807, 2.05) is 13.8 Å². The zero-order chi connectivity index (χ0) is 17.4. The fourth-order valence-corrected chi connectivity index (χ4v) is 2.93. The summed E-state index contributed by atoms with van der Waals surface area (Å²) in [6.07, 6.45) is 0.482. The number of benzene rings is 1. The number of aromatic nitrogens is 2. The van der Waals surface area contributed by atoms with Crippen molar-refractivity contribution in [3.05, 3.63) is 34.4 Å². The van der Waals surface area contributed by atoms with E-state index in [2.05, 4.69) is 10.3 Å². The van der Waals surface area contributed by atoms with Crippen LogP contribution in [0.2, 0.25) is 0 Å². The van der Waals surface area contributed by atoms with Gasteiger partial charge in [0.25, 0.3) is 5.56 Å². The van der Waals surface area contributed by atoms with E-state index in [1.165, 1.54) is 4.57 Å². The summed E-state index contributed by atoms with van der Waals surface area (Å²) < 4.78 is 6.99. The molecule has 24 heavy (non-hydrogen) atoms. The van der Waals surface area contributed by atoms with Crippen LogP contribution in [0.3, 0.4) is 0 Å². The lowest BCUT2D eigenvalue weighted by molar-refractivity contribution is -0.135. The van der Waals surface area contributed by atoms with Gasteiger partial charge < -0.3 is 4.74 Å². The number of imide groups is 1. The van der Waals surface area contributed by atoms with Crippen LogP contribution in [-0.2, 0) is 9.59 Å². The lowest BCUT2D eigenvalue weighted by Gasteiger charge is -2.24. The second kappa shape index (κ2) is 6.07. The van der Waals surface area contributed by atoms with Crippen molar-refractivity contribution in [3.63, 3.8) is 0 Å². The monoisotopic (exact) mass is 329 g/mol. The molecule has 1 atom stereocenters. The molecule has 1 aliphatic heterocycles. The van der Waals surface area contributed by atoms with Crippen molar-refractivity contribution in [2.24, 2.45) is 0 Å². The number of amides is 2. The summed E-state index contributed by atoms with van der Waals surface area (Å²) in [5.74, 6) is 0.241. The molecule has 126 valence electrons. The van der Waals surface area contributed by atoms with Crippen LogP contribution in [0.5, 0.6) is 5.75 Å². The van der Waals surface area contributed by atoms with Gasteiger partial charge in [-0.2, -0.15) is 0 Å². The minimum atomic E-state index is -0.721. The molecule has 7 nitrogen and oxygen atoms in total. The Morgan fingerprint density at radius 2 is 2.04 bits per heavy atom. The van der Waals surface area contributed by atoms with Crippen LogP contribution in [0.1, 0.15) is 38.6 Å². The van der Waals surface area contributed by atoms with Gasteiger partial charge in [0.05, 0.1) is 17.0 Å². The van der Waals surface area contributed by atoms with Gasteiger partial charge >= 0.3 is 0 Å². The van der Waals surface area contributed by atoms with E-state index in [0.717, 1.165) is 0 Å². The van der Waals surface area contributed by atoms with Crippen molar-refractivity contribution in [3.8, 4) is 5.75 Å². The number of aryl methyl sites for hydroxylation is 1. The molecule has 1 aliphatic rings. The van der Waals surface area contributed by atoms with Crippen LogP contribution in [0.25, 0.3) is 10.9 Å². The van der Waals surface area contributed by atoms with Crippen LogP contribution in [0.15, 0.2) is 23.0 Å². The highest BCUT2D eigenvalue weighted by molar-refractivity contribution is 5.99. The van der Waals surface area contributed by atoms with E-state index in [1.54, 1.807) is 25.1 Å². The fraction of sp³-hybridized carbons (Fsp3) is 0.412. The SMILES string of the molecule is Cc1nc2ccc(OC(C)C)cc2c(=O)n1C1CCC(=O)NC1=O. The third-order valence-electron chi connectivity index (χ3n) is 3.94. The van der Waals surface area contributed by atoms with Gasteiger partial charge in [0.15, 0.2) is 0 Å². The molecular weight excluding hydrogens is 310 g/mol. The maximum atomic E-state index is 12.9. The van der Waals surface area contributed by atoms with E-state index < -0.39 is 11.9 Å². The fourth-order valence-electron chi connectivity index (χ4n) is 2.93. The van der Waals surface area contributed by atoms with Gasteiger partial charge in [0.1, 0.15) is 17.6 Å². The Morgan fingerprint density at radius 1 is 1.29 bits per heavy atom. The molecule has 1 aromatic heterocycles. The third kappa shape index (κ3) is 2.89. The molecule has 2 aromatic rings. The van der Waals surface area contributed by atoms with Crippen LogP contribution in [0.4, 0.5) is 0 Å². The second-order valence-corrected chi connectivity index (χ2v) is 6.15. The summed E-state index contributed by atoms with van der Waals surface area (Å²) in [6.45, 7) is 5.49. The predicted octanol–water partition coefficient (Wildman–Crippen LogP) is 1.47. The summed E-state index contributed by atoms with van der Waals surface area (Å²) in [4.78, 5) is 40.8. The average Bonchev–Trinajstić information content (AvgIpc) is 2.49. The first-order valence-electron chi connectivity index (χ1n) is 7.90. The minimum Gasteiger partial charge on any atom is -0.491 e. The van der Waals surface area contributed by atoms with Crippen LogP contribution in [0, 0.1) is 6.92 Å². The van der Waals surface area contributed by atoms with Gasteiger partial charge in [0.2, 0.25) is 11.8 Å². The van der Waals surface area contributed by atoms with Crippen LogP contribution in [-0.4, -0.2) is 27.5 Å². The number of ether oxygens (including phenoxy) is 1. The number of carbonyl (C=O) groups is 2. The Hall–Kier alpha value is -2.70. The number of hydrogen-bond acceptors (Lipinski definition) is 5. The molecule has 1 N–H and O–H groups in total. The topological polar surface area (TPSA) is 90.3 Å². The quantitative estimate of drug-likeness (QED) is 0.861. The molecule has 1 unspecified atom stereocenters. The molecule has 0 spiro atoms. The van der Waals surface area contributed by atoms with Crippen LogP contribution >= 0.6 is 0 Å². The summed E-state index contributed by atoms with van der Waals surface area (Å²) in [7, 11) is 0. The highest BCUT2D eigenvalue weighted by Gasteiger charge is 2.30. The van der Waals surface area contributed by atoms with Crippen LogP contribution < -0.4 is 15.6 Å². The molecular formula is C17H19N3O4. The van der Waals surface area contributed by atoms with Crippen molar-refractivity contribution in [2.45, 2.75) is 45.8 Å². The Morgan fingerprint density at radius 3 is 2.71 bits per heavy atom. The van der Waals surface area contributed by atoms with Gasteiger partial charge in [-0.25, -0.2) is 4.98 Å². The summed E-state index contributed by atoms with van der Waals surface area (Å²) in [5, 5.41) is 2.67. The molecule has 1 fully saturated rings. The molecule has 0 radical (unpaired) electrons. The van der Waals surface area contributed by atoms with E-state index in [4.69, 9.17) is 4.74 Å². The first-order chi connectivity index (χ1) is 11.4. The molecule has 0 saturated carbocycles. The number of nitrogens with zero attached hydrogens (tertiary/aromatic N) is 2. The molecule has 7 heteroatoms. The highest BCUT2D eigenvalue weighted by atomic mass is 16.5. The van der Waals surface area contributed by atoms with Gasteiger partial charge in [-0.15, -0.1) is 0 Å². The van der Waals surface area contributed by atoms with E-state index in [9.17, 15) is 14.4 Å². The molecule has 1 saturated heterocycles. The van der Waals surface area contributed by atoms with Crippen molar-refractivity contribution in [1.29, 1.82) is 0 Å². The number of fused-ring (bicyclic) bond motifs is 1. The van der Waals surface area contributed by atoms with E-state index >= 15 is 0 Å².